The smallest absolute Gasteiger partial charge is 0.320 e. The lowest BCUT2D eigenvalue weighted by atomic mass is 10.1. The van der Waals surface area contributed by atoms with E-state index in [2.05, 4.69) is 32.8 Å². The van der Waals surface area contributed by atoms with Crippen LogP contribution < -0.4 is 15.4 Å². The molecule has 0 aliphatic carbocycles. The van der Waals surface area contributed by atoms with E-state index in [4.69, 9.17) is 9.26 Å². The zero-order valence-electron chi connectivity index (χ0n) is 14.6. The second kappa shape index (κ2) is 8.02. The van der Waals surface area contributed by atoms with E-state index in [0.717, 1.165) is 18.8 Å². The maximum Gasteiger partial charge on any atom is 0.320 e. The number of aromatic nitrogens is 1. The van der Waals surface area contributed by atoms with Crippen LogP contribution in [-0.2, 0) is 0 Å². The molecule has 7 nitrogen and oxygen atoms in total. The van der Waals surface area contributed by atoms with Gasteiger partial charge >= 0.3 is 6.03 Å². The van der Waals surface area contributed by atoms with Crippen LogP contribution in [-0.4, -0.2) is 42.8 Å². The van der Waals surface area contributed by atoms with Crippen LogP contribution >= 0.6 is 0 Å². The number of ether oxygens (including phenoxy) is 1. The van der Waals surface area contributed by atoms with Crippen molar-refractivity contribution >= 4 is 11.8 Å². The van der Waals surface area contributed by atoms with Crippen LogP contribution in [0.25, 0.3) is 0 Å². The monoisotopic (exact) mass is 344 g/mol. The van der Waals surface area contributed by atoms with Crippen molar-refractivity contribution in [1.82, 2.24) is 15.4 Å². The predicted molar refractivity (Wildman–Crippen MR) is 94.8 cm³/mol. The van der Waals surface area contributed by atoms with E-state index in [0.29, 0.717) is 18.1 Å². The first-order chi connectivity index (χ1) is 12.2. The lowest BCUT2D eigenvalue weighted by Crippen LogP contribution is -2.38. The highest BCUT2D eigenvalue weighted by molar-refractivity contribution is 5.88. The van der Waals surface area contributed by atoms with Gasteiger partial charge in [0.1, 0.15) is 11.5 Å². The minimum Gasteiger partial charge on any atom is -0.497 e. The van der Waals surface area contributed by atoms with Gasteiger partial charge < -0.3 is 14.6 Å². The van der Waals surface area contributed by atoms with Crippen molar-refractivity contribution in [1.29, 1.82) is 0 Å². The Balaban J connectivity index is 1.63. The van der Waals surface area contributed by atoms with Gasteiger partial charge in [0.05, 0.1) is 13.2 Å². The van der Waals surface area contributed by atoms with Crippen LogP contribution in [0.5, 0.6) is 5.75 Å². The number of methoxy groups -OCH3 is 1. The normalized spacial score (nSPS) is 15.8. The number of nitrogens with one attached hydrogen (secondary N) is 2. The van der Waals surface area contributed by atoms with E-state index in [1.54, 1.807) is 20.1 Å². The Kier molecular flexibility index (Phi) is 5.55. The number of urea groups is 1. The van der Waals surface area contributed by atoms with Gasteiger partial charge in [-0.1, -0.05) is 17.3 Å². The molecule has 0 spiro atoms. The molecule has 1 aromatic heterocycles. The Morgan fingerprint density at radius 2 is 2.04 bits per heavy atom. The molecule has 1 atom stereocenters. The third-order valence-electron chi connectivity index (χ3n) is 4.41. The molecule has 1 aliphatic rings. The summed E-state index contributed by atoms with van der Waals surface area (Å²) in [5, 5.41) is 9.39. The summed E-state index contributed by atoms with van der Waals surface area (Å²) in [6, 6.07) is 9.56. The van der Waals surface area contributed by atoms with E-state index < -0.39 is 0 Å². The van der Waals surface area contributed by atoms with E-state index in [-0.39, 0.29) is 12.1 Å². The summed E-state index contributed by atoms with van der Waals surface area (Å²) < 4.78 is 10.2. The lowest BCUT2D eigenvalue weighted by molar-refractivity contribution is 0.227. The van der Waals surface area contributed by atoms with E-state index in [9.17, 15) is 4.79 Å². The molecule has 1 unspecified atom stereocenters. The van der Waals surface area contributed by atoms with Gasteiger partial charge in [0.15, 0.2) is 5.82 Å². The van der Waals surface area contributed by atoms with Crippen LogP contribution in [0.4, 0.5) is 10.6 Å². The zero-order valence-corrected chi connectivity index (χ0v) is 14.6. The summed E-state index contributed by atoms with van der Waals surface area (Å²) in [7, 11) is 1.66. The number of carbonyl (C=O) groups is 1. The molecule has 1 saturated heterocycles. The van der Waals surface area contributed by atoms with E-state index >= 15 is 0 Å². The van der Waals surface area contributed by atoms with Gasteiger partial charge in [0.2, 0.25) is 0 Å². The van der Waals surface area contributed by atoms with Crippen LogP contribution in [0.2, 0.25) is 0 Å². The first kappa shape index (κ1) is 17.3. The van der Waals surface area contributed by atoms with Gasteiger partial charge in [-0.05, 0) is 50.6 Å². The van der Waals surface area contributed by atoms with Crippen molar-refractivity contribution in [3.8, 4) is 5.75 Å². The molecule has 2 heterocycles. The zero-order chi connectivity index (χ0) is 17.6. The molecule has 2 N–H and O–H groups in total. The molecule has 2 amide bonds. The quantitative estimate of drug-likeness (QED) is 0.842. The molecule has 0 radical (unpaired) electrons. The van der Waals surface area contributed by atoms with E-state index in [1.165, 1.54) is 18.4 Å². The van der Waals surface area contributed by atoms with Gasteiger partial charge in [0, 0.05) is 12.6 Å². The number of carbonyl (C=O) groups excluding carboxylic acids is 1. The minimum absolute atomic E-state index is 0.137. The third kappa shape index (κ3) is 4.51. The Morgan fingerprint density at radius 3 is 2.64 bits per heavy atom. The first-order valence-corrected chi connectivity index (χ1v) is 8.52. The van der Waals surface area contributed by atoms with Crippen molar-refractivity contribution in [3.63, 3.8) is 0 Å². The molecular weight excluding hydrogens is 320 g/mol. The van der Waals surface area contributed by atoms with Gasteiger partial charge in [-0.3, -0.25) is 10.2 Å². The molecule has 0 saturated carbocycles. The summed E-state index contributed by atoms with van der Waals surface area (Å²) in [5.41, 5.74) is 1.17. The third-order valence-corrected chi connectivity index (χ3v) is 4.41. The maximum atomic E-state index is 12.1. The van der Waals surface area contributed by atoms with Gasteiger partial charge in [-0.25, -0.2) is 4.79 Å². The van der Waals surface area contributed by atoms with Crippen molar-refractivity contribution in [3.05, 3.63) is 41.7 Å². The Hall–Kier alpha value is -2.54. The van der Waals surface area contributed by atoms with Gasteiger partial charge in [-0.15, -0.1) is 0 Å². The molecular formula is C18H24N4O3. The molecule has 1 fully saturated rings. The number of nitrogens with zero attached hydrogens (tertiary/aromatic N) is 2. The van der Waals surface area contributed by atoms with Crippen molar-refractivity contribution in [2.45, 2.75) is 25.8 Å². The van der Waals surface area contributed by atoms with Crippen LogP contribution in [0.3, 0.4) is 0 Å². The maximum absolute atomic E-state index is 12.1. The second-order valence-electron chi connectivity index (χ2n) is 6.19. The fourth-order valence-electron chi connectivity index (χ4n) is 3.11. The standard InChI is InChI=1S/C18H24N4O3/c1-13-11-17(21-25-13)20-18(23)19-12-16(22-9-3-4-10-22)14-5-7-15(24-2)8-6-14/h5-8,11,16H,3-4,9-10,12H2,1-2H3,(H2,19,20,21,23). The average Bonchev–Trinajstić information content (AvgIpc) is 3.28. The fraction of sp³-hybridized carbons (Fsp3) is 0.444. The molecule has 25 heavy (non-hydrogen) atoms. The summed E-state index contributed by atoms with van der Waals surface area (Å²) >= 11 is 0. The van der Waals surface area contributed by atoms with E-state index in [1.807, 2.05) is 12.1 Å². The van der Waals surface area contributed by atoms with Gasteiger partial charge in [-0.2, -0.15) is 0 Å². The highest BCUT2D eigenvalue weighted by Crippen LogP contribution is 2.26. The van der Waals surface area contributed by atoms with Gasteiger partial charge in [0.25, 0.3) is 0 Å². The van der Waals surface area contributed by atoms with Crippen LogP contribution in [0, 0.1) is 6.92 Å². The second-order valence-corrected chi connectivity index (χ2v) is 6.19. The average molecular weight is 344 g/mol. The van der Waals surface area contributed by atoms with Crippen molar-refractivity contribution in [2.75, 3.05) is 32.1 Å². The van der Waals surface area contributed by atoms with Crippen LogP contribution in [0.1, 0.15) is 30.2 Å². The highest BCUT2D eigenvalue weighted by atomic mass is 16.5. The lowest BCUT2D eigenvalue weighted by Gasteiger charge is -2.28. The number of likely N-dealkylation sites (tertiary alicyclic amines) is 1. The predicted octanol–water partition coefficient (Wildman–Crippen LogP) is 2.95. The summed E-state index contributed by atoms with van der Waals surface area (Å²) in [4.78, 5) is 14.5. The molecule has 3 rings (SSSR count). The number of amides is 2. The van der Waals surface area contributed by atoms with Crippen molar-refractivity contribution in [2.24, 2.45) is 0 Å². The number of anilines is 1. The number of benzene rings is 1. The molecule has 7 heteroatoms. The summed E-state index contributed by atoms with van der Waals surface area (Å²) in [6.45, 7) is 4.39. The number of hydrogen-bond donors (Lipinski definition) is 2. The minimum atomic E-state index is -0.286. The number of rotatable bonds is 6. The van der Waals surface area contributed by atoms with Crippen LogP contribution in [0.15, 0.2) is 34.9 Å². The Labute approximate surface area is 147 Å². The number of hydrogen-bond acceptors (Lipinski definition) is 5. The molecule has 2 aromatic rings. The Morgan fingerprint density at radius 1 is 1.32 bits per heavy atom. The van der Waals surface area contributed by atoms with Crippen molar-refractivity contribution < 1.29 is 14.1 Å². The number of aryl methyl sites for hydroxylation is 1. The highest BCUT2D eigenvalue weighted by Gasteiger charge is 2.24. The molecule has 1 aromatic carbocycles. The summed E-state index contributed by atoms with van der Waals surface area (Å²) in [6.07, 6.45) is 2.38. The SMILES string of the molecule is COc1ccc(C(CNC(=O)Nc2cc(C)on2)N2CCCC2)cc1. The molecule has 134 valence electrons. The summed E-state index contributed by atoms with van der Waals surface area (Å²) in [5.74, 6) is 1.90. The molecule has 1 aliphatic heterocycles. The fourth-order valence-corrected chi connectivity index (χ4v) is 3.11. The Bertz CT molecular complexity index is 693. The first-order valence-electron chi connectivity index (χ1n) is 8.52. The topological polar surface area (TPSA) is 79.6 Å². The largest absolute Gasteiger partial charge is 0.497 e. The molecule has 0 bridgehead atoms.